The van der Waals surface area contributed by atoms with E-state index in [0.717, 1.165) is 22.6 Å². The molecular weight excluding hydrogens is 292 g/mol. The summed E-state index contributed by atoms with van der Waals surface area (Å²) >= 11 is 0. The summed E-state index contributed by atoms with van der Waals surface area (Å²) in [5.74, 6) is 1.60. The number of pyridine rings is 1. The van der Waals surface area contributed by atoms with Crippen molar-refractivity contribution in [2.24, 2.45) is 10.7 Å². The normalized spacial score (nSPS) is 11.2. The lowest BCUT2D eigenvalue weighted by Crippen LogP contribution is -2.22. The van der Waals surface area contributed by atoms with Crippen LogP contribution in [0.4, 0.5) is 5.69 Å². The van der Waals surface area contributed by atoms with Crippen molar-refractivity contribution in [1.29, 1.82) is 0 Å². The van der Waals surface area contributed by atoms with Crippen LogP contribution in [-0.4, -0.2) is 25.2 Å². The van der Waals surface area contributed by atoms with Crippen molar-refractivity contribution in [3.8, 4) is 11.5 Å². The third kappa shape index (κ3) is 4.35. The molecule has 6 heteroatoms. The van der Waals surface area contributed by atoms with E-state index < -0.39 is 0 Å². The van der Waals surface area contributed by atoms with Gasteiger partial charge in [0.25, 0.3) is 0 Å². The van der Waals surface area contributed by atoms with E-state index in [4.69, 9.17) is 15.2 Å². The monoisotopic (exact) mass is 314 g/mol. The Kier molecular flexibility index (Phi) is 5.41. The molecule has 0 aliphatic rings. The number of nitrogens with one attached hydrogen (secondary N) is 1. The van der Waals surface area contributed by atoms with Gasteiger partial charge >= 0.3 is 0 Å². The zero-order chi connectivity index (χ0) is 16.8. The number of aryl methyl sites for hydroxylation is 2. The Balaban J connectivity index is 2.05. The first-order valence-electron chi connectivity index (χ1n) is 7.25. The summed E-state index contributed by atoms with van der Waals surface area (Å²) < 4.78 is 10.5. The number of guanidine groups is 1. The Morgan fingerprint density at radius 2 is 1.87 bits per heavy atom. The summed E-state index contributed by atoms with van der Waals surface area (Å²) in [7, 11) is 3.18. The molecule has 3 N–H and O–H groups in total. The predicted molar refractivity (Wildman–Crippen MR) is 92.2 cm³/mol. The van der Waals surface area contributed by atoms with Gasteiger partial charge in [-0.25, -0.2) is 4.99 Å². The van der Waals surface area contributed by atoms with Gasteiger partial charge in [0, 0.05) is 17.4 Å². The minimum absolute atomic E-state index is 0.317. The number of rotatable bonds is 5. The van der Waals surface area contributed by atoms with Gasteiger partial charge < -0.3 is 20.5 Å². The molecule has 6 nitrogen and oxygen atoms in total. The molecule has 2 aromatic rings. The summed E-state index contributed by atoms with van der Waals surface area (Å²) in [6.45, 7) is 4.43. The summed E-state index contributed by atoms with van der Waals surface area (Å²) in [6, 6.07) is 9.44. The van der Waals surface area contributed by atoms with Gasteiger partial charge in [-0.05, 0) is 37.6 Å². The summed E-state index contributed by atoms with van der Waals surface area (Å²) in [5, 5.41) is 3.03. The number of aromatic nitrogens is 1. The van der Waals surface area contributed by atoms with Gasteiger partial charge in [0.15, 0.2) is 17.5 Å². The second-order valence-corrected chi connectivity index (χ2v) is 5.10. The van der Waals surface area contributed by atoms with Crippen LogP contribution in [0, 0.1) is 13.8 Å². The molecule has 0 saturated carbocycles. The highest BCUT2D eigenvalue weighted by Gasteiger charge is 2.05. The van der Waals surface area contributed by atoms with Gasteiger partial charge in [0.2, 0.25) is 0 Å². The van der Waals surface area contributed by atoms with E-state index >= 15 is 0 Å². The SMILES string of the molecule is COc1ccc(NC(N)=NCc2ccc(C)c(C)n2)cc1OC. The van der Waals surface area contributed by atoms with Crippen molar-refractivity contribution in [2.75, 3.05) is 19.5 Å². The van der Waals surface area contributed by atoms with Crippen LogP contribution in [0.25, 0.3) is 0 Å². The second kappa shape index (κ2) is 7.49. The molecule has 0 unspecified atom stereocenters. The van der Waals surface area contributed by atoms with Gasteiger partial charge in [0.05, 0.1) is 26.5 Å². The fourth-order valence-electron chi connectivity index (χ4n) is 2.04. The first-order chi connectivity index (χ1) is 11.0. The largest absolute Gasteiger partial charge is 0.493 e. The number of ether oxygens (including phenoxy) is 2. The Labute approximate surface area is 136 Å². The van der Waals surface area contributed by atoms with Crippen molar-refractivity contribution in [3.63, 3.8) is 0 Å². The Morgan fingerprint density at radius 3 is 2.52 bits per heavy atom. The zero-order valence-electron chi connectivity index (χ0n) is 13.9. The standard InChI is InChI=1S/C17H22N4O2/c1-11-5-6-14(20-12(11)2)10-19-17(18)21-13-7-8-15(22-3)16(9-13)23-4/h5-9H,10H2,1-4H3,(H3,18,19,21). The van der Waals surface area contributed by atoms with Crippen molar-refractivity contribution in [1.82, 2.24) is 4.98 Å². The maximum absolute atomic E-state index is 5.92. The molecule has 23 heavy (non-hydrogen) atoms. The fourth-order valence-corrected chi connectivity index (χ4v) is 2.04. The van der Waals surface area contributed by atoms with Gasteiger partial charge in [-0.3, -0.25) is 4.98 Å². The Bertz CT molecular complexity index is 714. The second-order valence-electron chi connectivity index (χ2n) is 5.10. The first-order valence-corrected chi connectivity index (χ1v) is 7.25. The van der Waals surface area contributed by atoms with Crippen LogP contribution in [-0.2, 0) is 6.54 Å². The number of hydrogen-bond donors (Lipinski definition) is 2. The molecule has 0 radical (unpaired) electrons. The van der Waals surface area contributed by atoms with Crippen molar-refractivity contribution >= 4 is 11.6 Å². The number of aliphatic imine (C=N–C) groups is 1. The average molecular weight is 314 g/mol. The van der Waals surface area contributed by atoms with E-state index in [0.29, 0.717) is 24.0 Å². The van der Waals surface area contributed by atoms with Crippen LogP contribution < -0.4 is 20.5 Å². The average Bonchev–Trinajstić information content (AvgIpc) is 2.55. The molecule has 0 saturated heterocycles. The van der Waals surface area contributed by atoms with Crippen molar-refractivity contribution in [2.45, 2.75) is 20.4 Å². The number of nitrogens with zero attached hydrogens (tertiary/aromatic N) is 2. The summed E-state index contributed by atoms with van der Waals surface area (Å²) in [6.07, 6.45) is 0. The zero-order valence-corrected chi connectivity index (χ0v) is 13.9. The summed E-state index contributed by atoms with van der Waals surface area (Å²) in [5.41, 5.74) is 9.74. The molecule has 1 aromatic carbocycles. The topological polar surface area (TPSA) is 81.8 Å². The third-order valence-electron chi connectivity index (χ3n) is 3.48. The minimum atomic E-state index is 0.317. The van der Waals surface area contributed by atoms with Crippen molar-refractivity contribution < 1.29 is 9.47 Å². The molecule has 0 spiro atoms. The summed E-state index contributed by atoms with van der Waals surface area (Å²) in [4.78, 5) is 8.78. The highest BCUT2D eigenvalue weighted by Crippen LogP contribution is 2.29. The van der Waals surface area contributed by atoms with Crippen LogP contribution in [0.3, 0.4) is 0 Å². The maximum Gasteiger partial charge on any atom is 0.193 e. The Morgan fingerprint density at radius 1 is 1.13 bits per heavy atom. The lowest BCUT2D eigenvalue weighted by molar-refractivity contribution is 0.355. The lowest BCUT2D eigenvalue weighted by atomic mass is 10.2. The van der Waals surface area contributed by atoms with E-state index in [1.165, 1.54) is 0 Å². The van der Waals surface area contributed by atoms with Crippen LogP contribution in [0.1, 0.15) is 17.0 Å². The van der Waals surface area contributed by atoms with Crippen LogP contribution >= 0.6 is 0 Å². The molecular formula is C17H22N4O2. The van der Waals surface area contributed by atoms with E-state index in [1.54, 1.807) is 26.4 Å². The molecule has 0 bridgehead atoms. The molecule has 1 heterocycles. The molecule has 0 fully saturated rings. The molecule has 0 aliphatic carbocycles. The molecule has 122 valence electrons. The maximum atomic E-state index is 5.92. The molecule has 2 rings (SSSR count). The van der Waals surface area contributed by atoms with Crippen LogP contribution in [0.5, 0.6) is 11.5 Å². The number of benzene rings is 1. The number of methoxy groups -OCH3 is 2. The van der Waals surface area contributed by atoms with Gasteiger partial charge in [-0.2, -0.15) is 0 Å². The number of hydrogen-bond acceptors (Lipinski definition) is 4. The van der Waals surface area contributed by atoms with E-state index in [-0.39, 0.29) is 0 Å². The molecule has 1 aromatic heterocycles. The number of nitrogens with two attached hydrogens (primary N) is 1. The van der Waals surface area contributed by atoms with Gasteiger partial charge in [0.1, 0.15) is 0 Å². The fraction of sp³-hybridized carbons (Fsp3) is 0.294. The van der Waals surface area contributed by atoms with E-state index in [1.807, 2.05) is 32.0 Å². The molecule has 0 atom stereocenters. The number of anilines is 1. The third-order valence-corrected chi connectivity index (χ3v) is 3.48. The quantitative estimate of drug-likeness (QED) is 0.655. The van der Waals surface area contributed by atoms with Gasteiger partial charge in [-0.1, -0.05) is 6.07 Å². The van der Waals surface area contributed by atoms with Crippen LogP contribution in [0.2, 0.25) is 0 Å². The first kappa shape index (κ1) is 16.6. The van der Waals surface area contributed by atoms with Crippen molar-refractivity contribution in [3.05, 3.63) is 47.3 Å². The minimum Gasteiger partial charge on any atom is -0.493 e. The Hall–Kier alpha value is -2.76. The smallest absolute Gasteiger partial charge is 0.193 e. The van der Waals surface area contributed by atoms with E-state index in [2.05, 4.69) is 15.3 Å². The van der Waals surface area contributed by atoms with Crippen LogP contribution in [0.15, 0.2) is 35.3 Å². The molecule has 0 aliphatic heterocycles. The van der Waals surface area contributed by atoms with E-state index in [9.17, 15) is 0 Å². The highest BCUT2D eigenvalue weighted by atomic mass is 16.5. The predicted octanol–water partition coefficient (Wildman–Crippen LogP) is 2.64. The highest BCUT2D eigenvalue weighted by molar-refractivity contribution is 5.92. The van der Waals surface area contributed by atoms with Gasteiger partial charge in [-0.15, -0.1) is 0 Å². The lowest BCUT2D eigenvalue weighted by Gasteiger charge is -2.11. The molecule has 0 amide bonds.